The molecule has 2 aromatic rings. The standard InChI is InChI=1S/C23H28F3N3O3/c1-14-8-10-29(11-9-14)21-17(5-7-20(28-21)23(24,25)26)13-27-22(31)15(2)16-4-6-18(30)19(12-16)32-3/h4-7,12,14-15,30H,8-11,13H2,1-3H3,(H,27,31). The van der Waals surface area contributed by atoms with Crippen molar-refractivity contribution >= 4 is 11.7 Å². The number of nitrogens with zero attached hydrogens (tertiary/aromatic N) is 2. The van der Waals surface area contributed by atoms with Crippen molar-refractivity contribution in [3.63, 3.8) is 0 Å². The van der Waals surface area contributed by atoms with Crippen molar-refractivity contribution in [2.24, 2.45) is 5.92 Å². The van der Waals surface area contributed by atoms with Crippen LogP contribution in [0.15, 0.2) is 30.3 Å². The lowest BCUT2D eigenvalue weighted by atomic mass is 9.98. The number of aromatic nitrogens is 1. The van der Waals surface area contributed by atoms with Crippen molar-refractivity contribution in [2.75, 3.05) is 25.1 Å². The number of hydrogen-bond donors (Lipinski definition) is 2. The Kier molecular flexibility index (Phi) is 7.16. The second kappa shape index (κ2) is 9.67. The number of ether oxygens (including phenoxy) is 1. The molecule has 1 aliphatic rings. The van der Waals surface area contributed by atoms with Crippen LogP contribution in [0.25, 0.3) is 0 Å². The van der Waals surface area contributed by atoms with Crippen LogP contribution in [0.5, 0.6) is 11.5 Å². The van der Waals surface area contributed by atoms with Gasteiger partial charge in [-0.3, -0.25) is 4.79 Å². The minimum atomic E-state index is -4.54. The number of methoxy groups -OCH3 is 1. The molecule has 1 aliphatic heterocycles. The van der Waals surface area contributed by atoms with Crippen LogP contribution in [0, 0.1) is 5.92 Å². The SMILES string of the molecule is COc1cc(C(C)C(=O)NCc2ccc(C(F)(F)F)nc2N2CCC(C)CC2)ccc1O. The van der Waals surface area contributed by atoms with Gasteiger partial charge >= 0.3 is 6.18 Å². The molecule has 1 aromatic carbocycles. The van der Waals surface area contributed by atoms with Crippen LogP contribution in [-0.2, 0) is 17.5 Å². The zero-order valence-corrected chi connectivity index (χ0v) is 18.4. The van der Waals surface area contributed by atoms with Crippen molar-refractivity contribution in [1.29, 1.82) is 0 Å². The van der Waals surface area contributed by atoms with Gasteiger partial charge in [-0.1, -0.05) is 19.1 Å². The minimum absolute atomic E-state index is 0.0276. The summed E-state index contributed by atoms with van der Waals surface area (Å²) in [6.45, 7) is 5.14. The maximum atomic E-state index is 13.2. The molecule has 0 aliphatic carbocycles. The summed E-state index contributed by atoms with van der Waals surface area (Å²) in [5.74, 6) is 0.173. The highest BCUT2D eigenvalue weighted by Crippen LogP contribution is 2.33. The molecule has 2 heterocycles. The van der Waals surface area contributed by atoms with Gasteiger partial charge in [-0.15, -0.1) is 0 Å². The largest absolute Gasteiger partial charge is 0.504 e. The molecular weight excluding hydrogens is 423 g/mol. The fraction of sp³-hybridized carbons (Fsp3) is 0.478. The van der Waals surface area contributed by atoms with E-state index >= 15 is 0 Å². The van der Waals surface area contributed by atoms with Crippen LogP contribution in [0.1, 0.15) is 49.4 Å². The van der Waals surface area contributed by atoms with Gasteiger partial charge < -0.3 is 20.1 Å². The molecule has 9 heteroatoms. The predicted molar refractivity (Wildman–Crippen MR) is 115 cm³/mol. The topological polar surface area (TPSA) is 74.7 Å². The Morgan fingerprint density at radius 1 is 1.28 bits per heavy atom. The highest BCUT2D eigenvalue weighted by Gasteiger charge is 2.34. The summed E-state index contributed by atoms with van der Waals surface area (Å²) in [5, 5.41) is 12.5. The van der Waals surface area contributed by atoms with E-state index in [1.54, 1.807) is 19.1 Å². The van der Waals surface area contributed by atoms with E-state index in [9.17, 15) is 23.1 Å². The summed E-state index contributed by atoms with van der Waals surface area (Å²) < 4.78 is 44.8. The third-order valence-corrected chi connectivity index (χ3v) is 5.88. The van der Waals surface area contributed by atoms with Crippen molar-refractivity contribution < 1.29 is 27.8 Å². The molecule has 0 radical (unpaired) electrons. The van der Waals surface area contributed by atoms with Crippen LogP contribution in [0.2, 0.25) is 0 Å². The van der Waals surface area contributed by atoms with Gasteiger partial charge in [-0.05, 0) is 49.4 Å². The number of carbonyl (C=O) groups is 1. The van der Waals surface area contributed by atoms with E-state index in [0.29, 0.717) is 30.1 Å². The number of pyridine rings is 1. The molecule has 0 spiro atoms. The van der Waals surface area contributed by atoms with E-state index in [1.165, 1.54) is 19.2 Å². The number of phenols is 1. The lowest BCUT2D eigenvalue weighted by molar-refractivity contribution is -0.141. The van der Waals surface area contributed by atoms with Crippen LogP contribution in [0.3, 0.4) is 0 Å². The number of anilines is 1. The molecule has 3 rings (SSSR count). The molecule has 1 amide bonds. The Hall–Kier alpha value is -2.97. The maximum Gasteiger partial charge on any atom is 0.433 e. The van der Waals surface area contributed by atoms with Gasteiger partial charge in [0.15, 0.2) is 11.5 Å². The molecule has 2 N–H and O–H groups in total. The smallest absolute Gasteiger partial charge is 0.433 e. The van der Waals surface area contributed by atoms with Gasteiger partial charge in [0.2, 0.25) is 5.91 Å². The monoisotopic (exact) mass is 451 g/mol. The van der Waals surface area contributed by atoms with Gasteiger partial charge in [-0.2, -0.15) is 13.2 Å². The van der Waals surface area contributed by atoms with E-state index in [2.05, 4.69) is 17.2 Å². The van der Waals surface area contributed by atoms with E-state index in [-0.39, 0.29) is 29.8 Å². The van der Waals surface area contributed by atoms with Gasteiger partial charge in [0.25, 0.3) is 0 Å². The number of piperidine rings is 1. The first kappa shape index (κ1) is 23.7. The van der Waals surface area contributed by atoms with Crippen LogP contribution in [-0.4, -0.2) is 36.2 Å². The first-order valence-corrected chi connectivity index (χ1v) is 10.6. The minimum Gasteiger partial charge on any atom is -0.504 e. The van der Waals surface area contributed by atoms with Gasteiger partial charge in [0.05, 0.1) is 13.0 Å². The summed E-state index contributed by atoms with van der Waals surface area (Å²) in [5.41, 5.74) is 0.245. The molecule has 1 saturated heterocycles. The molecule has 1 unspecified atom stereocenters. The number of nitrogens with one attached hydrogen (secondary N) is 1. The summed E-state index contributed by atoms with van der Waals surface area (Å²) in [7, 11) is 1.42. The number of benzene rings is 1. The highest BCUT2D eigenvalue weighted by atomic mass is 19.4. The Morgan fingerprint density at radius 2 is 1.97 bits per heavy atom. The van der Waals surface area contributed by atoms with Crippen molar-refractivity contribution in [2.45, 2.75) is 45.3 Å². The molecule has 174 valence electrons. The maximum absolute atomic E-state index is 13.2. The Balaban J connectivity index is 1.78. The number of alkyl halides is 3. The van der Waals surface area contributed by atoms with E-state index in [0.717, 1.165) is 18.9 Å². The summed E-state index contributed by atoms with van der Waals surface area (Å²) in [6.07, 6.45) is -2.78. The third kappa shape index (κ3) is 5.44. The average molecular weight is 451 g/mol. The number of hydrogen-bond acceptors (Lipinski definition) is 5. The van der Waals surface area contributed by atoms with Gasteiger partial charge in [0, 0.05) is 25.2 Å². The Labute approximate surface area is 185 Å². The van der Waals surface area contributed by atoms with Crippen molar-refractivity contribution in [3.8, 4) is 11.5 Å². The van der Waals surface area contributed by atoms with Crippen LogP contribution >= 0.6 is 0 Å². The van der Waals surface area contributed by atoms with Crippen molar-refractivity contribution in [3.05, 3.63) is 47.2 Å². The summed E-state index contributed by atoms with van der Waals surface area (Å²) in [4.78, 5) is 18.5. The Morgan fingerprint density at radius 3 is 2.59 bits per heavy atom. The van der Waals surface area contributed by atoms with Crippen molar-refractivity contribution in [1.82, 2.24) is 10.3 Å². The highest BCUT2D eigenvalue weighted by molar-refractivity contribution is 5.83. The zero-order valence-electron chi connectivity index (χ0n) is 18.4. The fourth-order valence-electron chi connectivity index (χ4n) is 3.72. The lowest BCUT2D eigenvalue weighted by Crippen LogP contribution is -2.35. The predicted octanol–water partition coefficient (Wildman–Crippen LogP) is 4.47. The number of phenolic OH excluding ortho intramolecular Hbond substituents is 1. The van der Waals surface area contributed by atoms with E-state index in [1.807, 2.05) is 4.90 Å². The lowest BCUT2D eigenvalue weighted by Gasteiger charge is -2.33. The van der Waals surface area contributed by atoms with E-state index in [4.69, 9.17) is 4.74 Å². The fourth-order valence-corrected chi connectivity index (χ4v) is 3.72. The van der Waals surface area contributed by atoms with E-state index < -0.39 is 17.8 Å². The number of amides is 1. The summed E-state index contributed by atoms with van der Waals surface area (Å²) >= 11 is 0. The first-order chi connectivity index (χ1) is 15.1. The number of rotatable bonds is 6. The second-order valence-corrected chi connectivity index (χ2v) is 8.22. The second-order valence-electron chi connectivity index (χ2n) is 8.22. The quantitative estimate of drug-likeness (QED) is 0.678. The first-order valence-electron chi connectivity index (χ1n) is 10.6. The molecule has 1 aromatic heterocycles. The average Bonchev–Trinajstić information content (AvgIpc) is 2.77. The number of carbonyl (C=O) groups excluding carboxylic acids is 1. The van der Waals surface area contributed by atoms with Crippen LogP contribution < -0.4 is 15.0 Å². The molecule has 6 nitrogen and oxygen atoms in total. The van der Waals surface area contributed by atoms with Crippen LogP contribution in [0.4, 0.5) is 19.0 Å². The van der Waals surface area contributed by atoms with Gasteiger partial charge in [-0.25, -0.2) is 4.98 Å². The molecule has 32 heavy (non-hydrogen) atoms. The van der Waals surface area contributed by atoms with Gasteiger partial charge in [0.1, 0.15) is 11.5 Å². The number of aromatic hydroxyl groups is 1. The molecule has 0 saturated carbocycles. The molecule has 1 fully saturated rings. The zero-order chi connectivity index (χ0) is 23.5. The molecule has 0 bridgehead atoms. The summed E-state index contributed by atoms with van der Waals surface area (Å²) in [6, 6.07) is 7.00. The third-order valence-electron chi connectivity index (χ3n) is 5.88. The number of halogens is 3. The Bertz CT molecular complexity index is 957. The molecular formula is C23H28F3N3O3. The molecule has 1 atom stereocenters. The normalized spacial score (nSPS) is 16.0.